The summed E-state index contributed by atoms with van der Waals surface area (Å²) in [5, 5.41) is 0. The Kier molecular flexibility index (Phi) is 3.19. The van der Waals surface area contributed by atoms with Gasteiger partial charge in [0.2, 0.25) is 0 Å². The van der Waals surface area contributed by atoms with Crippen molar-refractivity contribution in [1.29, 1.82) is 0 Å². The molecule has 1 atom stereocenters. The van der Waals surface area contributed by atoms with Crippen LogP contribution in [0.15, 0.2) is 42.9 Å². The van der Waals surface area contributed by atoms with Crippen molar-refractivity contribution in [3.63, 3.8) is 0 Å². The first kappa shape index (κ1) is 10.7. The van der Waals surface area contributed by atoms with E-state index in [9.17, 15) is 4.39 Å². The van der Waals surface area contributed by atoms with Crippen LogP contribution >= 0.6 is 0 Å². The Morgan fingerprint density at radius 1 is 1.25 bits per heavy atom. The first-order chi connectivity index (χ1) is 7.83. The van der Waals surface area contributed by atoms with E-state index in [-0.39, 0.29) is 5.82 Å². The Balaban J connectivity index is 2.41. The first-order valence-electron chi connectivity index (χ1n) is 4.79. The molecule has 1 aromatic carbocycles. The van der Waals surface area contributed by atoms with E-state index in [1.807, 2.05) is 0 Å². The molecule has 0 fully saturated rings. The van der Waals surface area contributed by atoms with Crippen LogP contribution in [0.5, 0.6) is 0 Å². The molecule has 0 aliphatic rings. The zero-order valence-electron chi connectivity index (χ0n) is 8.47. The Labute approximate surface area is 92.3 Å². The van der Waals surface area contributed by atoms with Crippen LogP contribution in [0.3, 0.4) is 0 Å². The first-order valence-corrected chi connectivity index (χ1v) is 4.79. The highest BCUT2D eigenvalue weighted by Gasteiger charge is 2.16. The summed E-state index contributed by atoms with van der Waals surface area (Å²) in [6, 6.07) is 7.67. The number of benzene rings is 1. The fourth-order valence-electron chi connectivity index (χ4n) is 1.52. The smallest absolute Gasteiger partial charge is 0.128 e. The number of nitrogens with one attached hydrogen (secondary N) is 1. The number of nitrogens with zero attached hydrogens (tertiary/aromatic N) is 2. The summed E-state index contributed by atoms with van der Waals surface area (Å²) in [7, 11) is 0. The Morgan fingerprint density at radius 2 is 2.06 bits per heavy atom. The quantitative estimate of drug-likeness (QED) is 0.599. The van der Waals surface area contributed by atoms with Crippen LogP contribution in [0.2, 0.25) is 0 Å². The fourth-order valence-corrected chi connectivity index (χ4v) is 1.52. The number of hydrogen-bond acceptors (Lipinski definition) is 4. The zero-order chi connectivity index (χ0) is 11.4. The van der Waals surface area contributed by atoms with Gasteiger partial charge in [0, 0.05) is 11.8 Å². The number of halogens is 1. The predicted octanol–water partition coefficient (Wildman–Crippen LogP) is 1.17. The van der Waals surface area contributed by atoms with Gasteiger partial charge in [0.1, 0.15) is 12.1 Å². The lowest BCUT2D eigenvalue weighted by Gasteiger charge is -2.15. The second-order valence-electron chi connectivity index (χ2n) is 3.26. The average molecular weight is 218 g/mol. The molecule has 0 saturated carbocycles. The lowest BCUT2D eigenvalue weighted by atomic mass is 10.0. The summed E-state index contributed by atoms with van der Waals surface area (Å²) in [6.07, 6.45) is 2.99. The van der Waals surface area contributed by atoms with E-state index in [2.05, 4.69) is 15.4 Å². The highest BCUT2D eigenvalue weighted by molar-refractivity contribution is 5.28. The number of hydrogen-bond donors (Lipinski definition) is 2. The Hall–Kier alpha value is -1.85. The van der Waals surface area contributed by atoms with Gasteiger partial charge in [-0.05, 0) is 12.1 Å². The van der Waals surface area contributed by atoms with Crippen molar-refractivity contribution in [3.05, 3.63) is 59.9 Å². The van der Waals surface area contributed by atoms with Crippen molar-refractivity contribution >= 4 is 0 Å². The molecule has 4 nitrogen and oxygen atoms in total. The summed E-state index contributed by atoms with van der Waals surface area (Å²) in [4.78, 5) is 7.85. The zero-order valence-corrected chi connectivity index (χ0v) is 8.47. The van der Waals surface area contributed by atoms with Gasteiger partial charge in [-0.2, -0.15) is 0 Å². The molecule has 5 heteroatoms. The third-order valence-electron chi connectivity index (χ3n) is 2.28. The van der Waals surface area contributed by atoms with E-state index in [0.717, 1.165) is 0 Å². The lowest BCUT2D eigenvalue weighted by molar-refractivity contribution is 0.552. The van der Waals surface area contributed by atoms with Gasteiger partial charge in [-0.1, -0.05) is 18.2 Å². The highest BCUT2D eigenvalue weighted by atomic mass is 19.1. The largest absolute Gasteiger partial charge is 0.271 e. The maximum absolute atomic E-state index is 13.6. The molecule has 3 N–H and O–H groups in total. The number of hydrazine groups is 1. The number of nitrogens with two attached hydrogens (primary N) is 1. The van der Waals surface area contributed by atoms with E-state index in [4.69, 9.17) is 5.84 Å². The van der Waals surface area contributed by atoms with Gasteiger partial charge >= 0.3 is 0 Å². The molecule has 0 saturated heterocycles. The molecule has 82 valence electrons. The van der Waals surface area contributed by atoms with Crippen LogP contribution < -0.4 is 11.3 Å². The van der Waals surface area contributed by atoms with Gasteiger partial charge < -0.3 is 0 Å². The van der Waals surface area contributed by atoms with E-state index in [1.54, 1.807) is 30.5 Å². The molecule has 16 heavy (non-hydrogen) atoms. The lowest BCUT2D eigenvalue weighted by Crippen LogP contribution is -2.30. The van der Waals surface area contributed by atoms with Crippen molar-refractivity contribution < 1.29 is 4.39 Å². The topological polar surface area (TPSA) is 63.8 Å². The van der Waals surface area contributed by atoms with E-state index >= 15 is 0 Å². The van der Waals surface area contributed by atoms with Crippen LogP contribution in [0.25, 0.3) is 0 Å². The maximum Gasteiger partial charge on any atom is 0.128 e. The summed E-state index contributed by atoms with van der Waals surface area (Å²) in [5.41, 5.74) is 3.63. The minimum absolute atomic E-state index is 0.316. The normalized spacial score (nSPS) is 12.4. The molecule has 1 heterocycles. The fraction of sp³-hybridized carbons (Fsp3) is 0.0909. The molecule has 2 rings (SSSR count). The van der Waals surface area contributed by atoms with Crippen molar-refractivity contribution in [2.24, 2.45) is 5.84 Å². The van der Waals surface area contributed by atoms with Crippen LogP contribution in [0.1, 0.15) is 17.3 Å². The van der Waals surface area contributed by atoms with Crippen LogP contribution in [0, 0.1) is 5.82 Å². The van der Waals surface area contributed by atoms with Gasteiger partial charge in [-0.3, -0.25) is 5.84 Å². The summed E-state index contributed by atoms with van der Waals surface area (Å²) in [5.74, 6) is 5.11. The SMILES string of the molecule is NNC(c1ccncn1)c1ccccc1F. The molecule has 0 spiro atoms. The molecule has 0 radical (unpaired) electrons. The minimum atomic E-state index is -0.468. The maximum atomic E-state index is 13.6. The molecule has 2 aromatic rings. The van der Waals surface area contributed by atoms with E-state index < -0.39 is 6.04 Å². The number of rotatable bonds is 3. The van der Waals surface area contributed by atoms with Gasteiger partial charge in [0.15, 0.2) is 0 Å². The molecule has 0 aliphatic heterocycles. The second kappa shape index (κ2) is 4.78. The van der Waals surface area contributed by atoms with Crippen molar-refractivity contribution in [3.8, 4) is 0 Å². The van der Waals surface area contributed by atoms with Gasteiger partial charge in [-0.25, -0.2) is 19.8 Å². The molecular weight excluding hydrogens is 207 g/mol. The predicted molar refractivity (Wildman–Crippen MR) is 57.6 cm³/mol. The minimum Gasteiger partial charge on any atom is -0.271 e. The molecule has 0 bridgehead atoms. The van der Waals surface area contributed by atoms with Crippen LogP contribution in [-0.2, 0) is 0 Å². The van der Waals surface area contributed by atoms with Crippen molar-refractivity contribution in [1.82, 2.24) is 15.4 Å². The van der Waals surface area contributed by atoms with Crippen LogP contribution in [-0.4, -0.2) is 9.97 Å². The monoisotopic (exact) mass is 218 g/mol. The van der Waals surface area contributed by atoms with Gasteiger partial charge in [-0.15, -0.1) is 0 Å². The summed E-state index contributed by atoms with van der Waals surface area (Å²) in [6.45, 7) is 0. The second-order valence-corrected chi connectivity index (χ2v) is 3.26. The Morgan fingerprint density at radius 3 is 2.69 bits per heavy atom. The molecule has 0 amide bonds. The standard InChI is InChI=1S/C11H11FN4/c12-9-4-2-1-3-8(9)11(16-13)10-5-6-14-7-15-10/h1-7,11,16H,13H2. The summed E-state index contributed by atoms with van der Waals surface area (Å²) < 4.78 is 13.6. The molecule has 0 aliphatic carbocycles. The van der Waals surface area contributed by atoms with E-state index in [1.165, 1.54) is 12.4 Å². The number of aromatic nitrogens is 2. The average Bonchev–Trinajstić information content (AvgIpc) is 2.34. The van der Waals surface area contributed by atoms with Crippen molar-refractivity contribution in [2.75, 3.05) is 0 Å². The Bertz CT molecular complexity index is 461. The third kappa shape index (κ3) is 2.05. The highest BCUT2D eigenvalue weighted by Crippen LogP contribution is 2.21. The molecule has 1 unspecified atom stereocenters. The van der Waals surface area contributed by atoms with E-state index in [0.29, 0.717) is 11.3 Å². The van der Waals surface area contributed by atoms with Crippen LogP contribution in [0.4, 0.5) is 4.39 Å². The van der Waals surface area contributed by atoms with Gasteiger partial charge in [0.25, 0.3) is 0 Å². The molecule has 1 aromatic heterocycles. The van der Waals surface area contributed by atoms with Crippen molar-refractivity contribution in [2.45, 2.75) is 6.04 Å². The third-order valence-corrected chi connectivity index (χ3v) is 2.28. The van der Waals surface area contributed by atoms with Gasteiger partial charge in [0.05, 0.1) is 11.7 Å². The summed E-state index contributed by atoms with van der Waals surface area (Å²) >= 11 is 0. The molecular formula is C11H11FN4.